The minimum absolute atomic E-state index is 0.299. The van der Waals surface area contributed by atoms with Crippen LogP contribution in [0.4, 0.5) is 0 Å². The number of ether oxygens (including phenoxy) is 3. The quantitative estimate of drug-likeness (QED) is 0.833. The molecule has 2 atom stereocenters. The minimum Gasteiger partial charge on any atom is -0.490 e. The third kappa shape index (κ3) is 3.44. The molecule has 1 heterocycles. The Morgan fingerprint density at radius 1 is 1.25 bits per heavy atom. The van der Waals surface area contributed by atoms with E-state index in [1.807, 2.05) is 27.0 Å². The maximum Gasteiger partial charge on any atom is 0.161 e. The average Bonchev–Trinajstić information content (AvgIpc) is 2.97. The Morgan fingerprint density at radius 2 is 2.00 bits per heavy atom. The van der Waals surface area contributed by atoms with Crippen molar-refractivity contribution in [2.24, 2.45) is 5.92 Å². The fourth-order valence-corrected chi connectivity index (χ4v) is 2.75. The normalized spacial score (nSPS) is 19.9. The third-order valence-corrected chi connectivity index (χ3v) is 3.67. The number of benzene rings is 1. The summed E-state index contributed by atoms with van der Waals surface area (Å²) in [5.74, 6) is 2.16. The molecule has 0 radical (unpaired) electrons. The van der Waals surface area contributed by atoms with Crippen LogP contribution in [-0.4, -0.2) is 33.5 Å². The second-order valence-corrected chi connectivity index (χ2v) is 4.96. The molecule has 1 aliphatic heterocycles. The number of rotatable bonds is 7. The van der Waals surface area contributed by atoms with E-state index in [1.54, 1.807) is 0 Å². The molecular formula is C16H25NO3. The fraction of sp³-hybridized carbons (Fsp3) is 0.625. The molecule has 0 spiro atoms. The van der Waals surface area contributed by atoms with Gasteiger partial charge in [0.25, 0.3) is 0 Å². The van der Waals surface area contributed by atoms with E-state index >= 15 is 0 Å². The van der Waals surface area contributed by atoms with Crippen LogP contribution in [0.2, 0.25) is 0 Å². The van der Waals surface area contributed by atoms with Gasteiger partial charge in [-0.25, -0.2) is 0 Å². The molecule has 0 aliphatic carbocycles. The molecule has 112 valence electrons. The lowest BCUT2D eigenvalue weighted by atomic mass is 9.92. The summed E-state index contributed by atoms with van der Waals surface area (Å²) in [5.41, 5.74) is 1.23. The SMILES string of the molecule is CCOc1ccc(C(NC)C2CCOC2)cc1OCC. The first-order valence-corrected chi connectivity index (χ1v) is 7.44. The van der Waals surface area contributed by atoms with Gasteiger partial charge in [-0.15, -0.1) is 0 Å². The van der Waals surface area contributed by atoms with E-state index in [0.717, 1.165) is 31.1 Å². The van der Waals surface area contributed by atoms with Gasteiger partial charge in [-0.1, -0.05) is 6.07 Å². The molecule has 1 aromatic carbocycles. The largest absolute Gasteiger partial charge is 0.490 e. The van der Waals surface area contributed by atoms with Crippen LogP contribution < -0.4 is 14.8 Å². The van der Waals surface area contributed by atoms with Crippen molar-refractivity contribution in [3.05, 3.63) is 23.8 Å². The zero-order valence-electron chi connectivity index (χ0n) is 12.6. The van der Waals surface area contributed by atoms with E-state index in [-0.39, 0.29) is 0 Å². The summed E-state index contributed by atoms with van der Waals surface area (Å²) in [6.07, 6.45) is 1.10. The number of hydrogen-bond donors (Lipinski definition) is 1. The highest BCUT2D eigenvalue weighted by molar-refractivity contribution is 5.44. The third-order valence-electron chi connectivity index (χ3n) is 3.67. The van der Waals surface area contributed by atoms with Crippen LogP contribution in [0.1, 0.15) is 31.9 Å². The lowest BCUT2D eigenvalue weighted by Crippen LogP contribution is -2.25. The maximum atomic E-state index is 5.70. The smallest absolute Gasteiger partial charge is 0.161 e. The standard InChI is InChI=1S/C16H25NO3/c1-4-19-14-7-6-12(10-15(14)20-5-2)16(17-3)13-8-9-18-11-13/h6-7,10,13,16-17H,4-5,8-9,11H2,1-3H3. The molecule has 1 aliphatic rings. The Labute approximate surface area is 121 Å². The highest BCUT2D eigenvalue weighted by Gasteiger charge is 2.26. The van der Waals surface area contributed by atoms with Crippen molar-refractivity contribution >= 4 is 0 Å². The molecule has 2 unspecified atom stereocenters. The molecule has 2 rings (SSSR count). The van der Waals surface area contributed by atoms with Crippen molar-refractivity contribution in [2.75, 3.05) is 33.5 Å². The van der Waals surface area contributed by atoms with Gasteiger partial charge >= 0.3 is 0 Å². The summed E-state index contributed by atoms with van der Waals surface area (Å²) in [4.78, 5) is 0. The number of nitrogens with one attached hydrogen (secondary N) is 1. The zero-order valence-corrected chi connectivity index (χ0v) is 12.6. The van der Waals surface area contributed by atoms with Crippen molar-refractivity contribution in [1.82, 2.24) is 5.32 Å². The van der Waals surface area contributed by atoms with Crippen LogP contribution in [-0.2, 0) is 4.74 Å². The summed E-state index contributed by atoms with van der Waals surface area (Å²) in [6, 6.07) is 6.51. The monoisotopic (exact) mass is 279 g/mol. The second-order valence-electron chi connectivity index (χ2n) is 4.96. The lowest BCUT2D eigenvalue weighted by Gasteiger charge is -2.23. The molecule has 4 nitrogen and oxygen atoms in total. The Bertz CT molecular complexity index is 416. The van der Waals surface area contributed by atoms with Crippen LogP contribution in [0.3, 0.4) is 0 Å². The topological polar surface area (TPSA) is 39.7 Å². The molecular weight excluding hydrogens is 254 g/mol. The average molecular weight is 279 g/mol. The van der Waals surface area contributed by atoms with E-state index < -0.39 is 0 Å². The van der Waals surface area contributed by atoms with Crippen molar-refractivity contribution in [3.8, 4) is 11.5 Å². The van der Waals surface area contributed by atoms with Gasteiger partial charge in [-0.05, 0) is 45.0 Å². The van der Waals surface area contributed by atoms with Gasteiger partial charge in [-0.3, -0.25) is 0 Å². The molecule has 0 bridgehead atoms. The van der Waals surface area contributed by atoms with Gasteiger partial charge in [0.05, 0.1) is 19.8 Å². The van der Waals surface area contributed by atoms with Crippen molar-refractivity contribution in [1.29, 1.82) is 0 Å². The summed E-state index contributed by atoms with van der Waals surface area (Å²) >= 11 is 0. The van der Waals surface area contributed by atoms with Crippen molar-refractivity contribution < 1.29 is 14.2 Å². The molecule has 0 saturated carbocycles. The van der Waals surface area contributed by atoms with Gasteiger partial charge in [0, 0.05) is 18.6 Å². The molecule has 0 aromatic heterocycles. The highest BCUT2D eigenvalue weighted by Crippen LogP contribution is 2.34. The van der Waals surface area contributed by atoms with Crippen LogP contribution in [0.15, 0.2) is 18.2 Å². The molecule has 1 aromatic rings. The van der Waals surface area contributed by atoms with Gasteiger partial charge in [-0.2, -0.15) is 0 Å². The van der Waals surface area contributed by atoms with Crippen LogP contribution >= 0.6 is 0 Å². The molecule has 20 heavy (non-hydrogen) atoms. The Kier molecular flexibility index (Phi) is 5.68. The van der Waals surface area contributed by atoms with Crippen molar-refractivity contribution in [3.63, 3.8) is 0 Å². The van der Waals surface area contributed by atoms with E-state index in [2.05, 4.69) is 17.4 Å². The lowest BCUT2D eigenvalue weighted by molar-refractivity contribution is 0.177. The molecule has 1 N–H and O–H groups in total. The summed E-state index contributed by atoms with van der Waals surface area (Å²) in [5, 5.41) is 3.40. The van der Waals surface area contributed by atoms with Gasteiger partial charge in [0.1, 0.15) is 0 Å². The highest BCUT2D eigenvalue weighted by atomic mass is 16.5. The Balaban J connectivity index is 2.23. The van der Waals surface area contributed by atoms with Crippen LogP contribution in [0, 0.1) is 5.92 Å². The first kappa shape index (κ1) is 15.1. The Morgan fingerprint density at radius 3 is 2.60 bits per heavy atom. The van der Waals surface area contributed by atoms with Crippen molar-refractivity contribution in [2.45, 2.75) is 26.3 Å². The predicted octanol–water partition coefficient (Wildman–Crippen LogP) is 2.78. The predicted molar refractivity (Wildman–Crippen MR) is 79.5 cm³/mol. The molecule has 1 fully saturated rings. The van der Waals surface area contributed by atoms with Gasteiger partial charge < -0.3 is 19.5 Å². The summed E-state index contributed by atoms with van der Waals surface area (Å²) < 4.78 is 16.8. The molecule has 0 amide bonds. The Hall–Kier alpha value is -1.26. The fourth-order valence-electron chi connectivity index (χ4n) is 2.75. The van der Waals surface area contributed by atoms with Gasteiger partial charge in [0.15, 0.2) is 11.5 Å². The van der Waals surface area contributed by atoms with E-state index in [9.17, 15) is 0 Å². The second kappa shape index (κ2) is 7.50. The minimum atomic E-state index is 0.299. The van der Waals surface area contributed by atoms with E-state index in [0.29, 0.717) is 25.2 Å². The zero-order chi connectivity index (χ0) is 14.4. The number of hydrogen-bond acceptors (Lipinski definition) is 4. The van der Waals surface area contributed by atoms with Crippen LogP contribution in [0.25, 0.3) is 0 Å². The van der Waals surface area contributed by atoms with E-state index in [4.69, 9.17) is 14.2 Å². The van der Waals surface area contributed by atoms with Crippen LogP contribution in [0.5, 0.6) is 11.5 Å². The molecule has 1 saturated heterocycles. The first-order chi connectivity index (χ1) is 9.80. The molecule has 4 heteroatoms. The van der Waals surface area contributed by atoms with E-state index in [1.165, 1.54) is 5.56 Å². The van der Waals surface area contributed by atoms with Gasteiger partial charge in [0.2, 0.25) is 0 Å². The summed E-state index contributed by atoms with van der Waals surface area (Å²) in [6.45, 7) is 6.94. The maximum absolute atomic E-state index is 5.70. The summed E-state index contributed by atoms with van der Waals surface area (Å²) in [7, 11) is 2.00. The first-order valence-electron chi connectivity index (χ1n) is 7.44.